The highest BCUT2D eigenvalue weighted by atomic mass is 16.5. The quantitative estimate of drug-likeness (QED) is 0.722. The molecule has 2 aromatic carbocycles. The molecule has 0 spiro atoms. The van der Waals surface area contributed by atoms with Gasteiger partial charge in [0, 0.05) is 18.2 Å². The highest BCUT2D eigenvalue weighted by Gasteiger charge is 2.08. The summed E-state index contributed by atoms with van der Waals surface area (Å²) in [4.78, 5) is 19.1. The molecule has 3 N–H and O–H groups in total. The fourth-order valence-electron chi connectivity index (χ4n) is 2.29. The van der Waals surface area contributed by atoms with Crippen molar-refractivity contribution in [3.63, 3.8) is 0 Å². The van der Waals surface area contributed by atoms with Crippen molar-refractivity contribution in [2.75, 3.05) is 5.32 Å². The van der Waals surface area contributed by atoms with E-state index < -0.39 is 5.91 Å². The molecule has 0 aliphatic heterocycles. The van der Waals surface area contributed by atoms with Crippen LogP contribution in [0.3, 0.4) is 0 Å². The summed E-state index contributed by atoms with van der Waals surface area (Å²) in [5.74, 6) is 1.47. The summed E-state index contributed by atoms with van der Waals surface area (Å²) < 4.78 is 5.99. The average molecular weight is 334 g/mol. The van der Waals surface area contributed by atoms with Gasteiger partial charge < -0.3 is 15.8 Å². The van der Waals surface area contributed by atoms with E-state index in [0.717, 1.165) is 22.6 Å². The van der Waals surface area contributed by atoms with Gasteiger partial charge in [-0.15, -0.1) is 0 Å². The van der Waals surface area contributed by atoms with Gasteiger partial charge in [0.25, 0.3) is 5.91 Å². The lowest BCUT2D eigenvalue weighted by molar-refractivity contribution is 0.0995. The fourth-order valence-corrected chi connectivity index (χ4v) is 2.29. The lowest BCUT2D eigenvalue weighted by atomic mass is 10.1. The summed E-state index contributed by atoms with van der Waals surface area (Å²) in [6, 6.07) is 17.1. The Balaban J connectivity index is 1.78. The molecule has 0 aliphatic carbocycles. The first kappa shape index (κ1) is 16.4. The molecule has 0 bridgehead atoms. The maximum atomic E-state index is 11.2. The van der Waals surface area contributed by atoms with Gasteiger partial charge >= 0.3 is 0 Å². The molecule has 1 aromatic heterocycles. The number of nitrogens with zero attached hydrogens (tertiary/aromatic N) is 2. The number of amides is 1. The van der Waals surface area contributed by atoms with Gasteiger partial charge in [-0.2, -0.15) is 0 Å². The summed E-state index contributed by atoms with van der Waals surface area (Å²) in [6.07, 6.45) is 1.30. The molecule has 0 saturated carbocycles. The Bertz CT molecular complexity index is 882. The summed E-state index contributed by atoms with van der Waals surface area (Å²) in [7, 11) is 0. The molecule has 1 heterocycles. The van der Waals surface area contributed by atoms with Crippen LogP contribution in [-0.4, -0.2) is 15.9 Å². The van der Waals surface area contributed by atoms with Gasteiger partial charge in [-0.05, 0) is 30.7 Å². The third-order valence-electron chi connectivity index (χ3n) is 3.57. The topological polar surface area (TPSA) is 90.1 Å². The van der Waals surface area contributed by atoms with E-state index in [9.17, 15) is 4.79 Å². The van der Waals surface area contributed by atoms with Gasteiger partial charge in [0.05, 0.1) is 0 Å². The van der Waals surface area contributed by atoms with Crippen LogP contribution in [0.5, 0.6) is 11.5 Å². The van der Waals surface area contributed by atoms with E-state index in [1.807, 2.05) is 55.5 Å². The van der Waals surface area contributed by atoms with Crippen molar-refractivity contribution in [2.24, 2.45) is 5.73 Å². The Morgan fingerprint density at radius 1 is 1.12 bits per heavy atom. The molecule has 126 valence electrons. The summed E-state index contributed by atoms with van der Waals surface area (Å²) in [6.45, 7) is 2.50. The molecular formula is C19H18N4O2. The van der Waals surface area contributed by atoms with Crippen LogP contribution >= 0.6 is 0 Å². The third kappa shape index (κ3) is 4.32. The number of hydrogen-bond acceptors (Lipinski definition) is 5. The summed E-state index contributed by atoms with van der Waals surface area (Å²) >= 11 is 0. The standard InChI is InChI=1S/C19H18N4O2/c1-13-7-8-14(17(9-13)25-15-5-3-2-4-6-15)11-21-18-10-16(19(20)24)22-12-23-18/h2-10,12H,11H2,1H3,(H2,20,24)(H,21,22,23). The highest BCUT2D eigenvalue weighted by Crippen LogP contribution is 2.27. The fraction of sp³-hybridized carbons (Fsp3) is 0.105. The molecule has 25 heavy (non-hydrogen) atoms. The number of nitrogens with one attached hydrogen (secondary N) is 1. The average Bonchev–Trinajstić information content (AvgIpc) is 2.62. The van der Waals surface area contributed by atoms with Gasteiger partial charge in [0.15, 0.2) is 0 Å². The van der Waals surface area contributed by atoms with Gasteiger partial charge in [-0.25, -0.2) is 9.97 Å². The normalized spacial score (nSPS) is 10.3. The van der Waals surface area contributed by atoms with Gasteiger partial charge in [-0.1, -0.05) is 30.3 Å². The minimum absolute atomic E-state index is 0.169. The predicted molar refractivity (Wildman–Crippen MR) is 95.6 cm³/mol. The Labute approximate surface area is 145 Å². The first-order chi connectivity index (χ1) is 12.1. The minimum Gasteiger partial charge on any atom is -0.457 e. The third-order valence-corrected chi connectivity index (χ3v) is 3.57. The number of carbonyl (C=O) groups excluding carboxylic acids is 1. The van der Waals surface area contributed by atoms with Crippen molar-refractivity contribution in [1.82, 2.24) is 9.97 Å². The molecule has 0 aliphatic rings. The molecule has 3 rings (SSSR count). The number of rotatable bonds is 6. The van der Waals surface area contributed by atoms with Crippen molar-refractivity contribution < 1.29 is 9.53 Å². The van der Waals surface area contributed by atoms with E-state index >= 15 is 0 Å². The van der Waals surface area contributed by atoms with Crippen LogP contribution < -0.4 is 15.8 Å². The van der Waals surface area contributed by atoms with Crippen LogP contribution in [0.2, 0.25) is 0 Å². The van der Waals surface area contributed by atoms with E-state index in [1.165, 1.54) is 12.4 Å². The van der Waals surface area contributed by atoms with E-state index in [2.05, 4.69) is 15.3 Å². The van der Waals surface area contributed by atoms with Crippen molar-refractivity contribution in [2.45, 2.75) is 13.5 Å². The lowest BCUT2D eigenvalue weighted by Crippen LogP contribution is -2.14. The van der Waals surface area contributed by atoms with Crippen LogP contribution in [-0.2, 0) is 6.54 Å². The minimum atomic E-state index is -0.589. The Morgan fingerprint density at radius 3 is 2.68 bits per heavy atom. The predicted octanol–water partition coefficient (Wildman–Crippen LogP) is 3.29. The number of aryl methyl sites for hydroxylation is 1. The molecule has 1 amide bonds. The number of ether oxygens (including phenoxy) is 1. The maximum Gasteiger partial charge on any atom is 0.267 e. The van der Waals surface area contributed by atoms with Gasteiger partial charge in [0.1, 0.15) is 29.3 Å². The highest BCUT2D eigenvalue weighted by molar-refractivity contribution is 5.91. The van der Waals surface area contributed by atoms with Gasteiger partial charge in [0.2, 0.25) is 0 Å². The van der Waals surface area contributed by atoms with Crippen molar-refractivity contribution in [3.05, 3.63) is 77.7 Å². The molecule has 0 saturated heterocycles. The Hall–Kier alpha value is -3.41. The SMILES string of the molecule is Cc1ccc(CNc2cc(C(N)=O)ncn2)c(Oc2ccccc2)c1. The van der Waals surface area contributed by atoms with Crippen LogP contribution in [0.4, 0.5) is 5.82 Å². The van der Waals surface area contributed by atoms with Gasteiger partial charge in [-0.3, -0.25) is 4.79 Å². The molecule has 3 aromatic rings. The number of primary amides is 1. The number of para-hydroxylation sites is 1. The molecule has 0 fully saturated rings. The van der Waals surface area contributed by atoms with Crippen LogP contribution in [0.15, 0.2) is 60.9 Å². The molecule has 0 unspecified atom stereocenters. The molecule has 6 nitrogen and oxygen atoms in total. The van der Waals surface area contributed by atoms with E-state index in [-0.39, 0.29) is 5.69 Å². The second kappa shape index (κ2) is 7.44. The molecular weight excluding hydrogens is 316 g/mol. The number of anilines is 1. The smallest absolute Gasteiger partial charge is 0.267 e. The van der Waals surface area contributed by atoms with Crippen LogP contribution in [0, 0.1) is 6.92 Å². The molecule has 0 radical (unpaired) electrons. The number of nitrogens with two attached hydrogens (primary N) is 1. The van der Waals surface area contributed by atoms with Crippen molar-refractivity contribution in [1.29, 1.82) is 0 Å². The Morgan fingerprint density at radius 2 is 1.92 bits per heavy atom. The van der Waals surface area contributed by atoms with Crippen molar-refractivity contribution in [3.8, 4) is 11.5 Å². The summed E-state index contributed by atoms with van der Waals surface area (Å²) in [5, 5.41) is 3.16. The molecule has 0 atom stereocenters. The second-order valence-corrected chi connectivity index (χ2v) is 5.53. The van der Waals surface area contributed by atoms with Crippen LogP contribution in [0.1, 0.15) is 21.6 Å². The number of carbonyl (C=O) groups is 1. The van der Waals surface area contributed by atoms with E-state index in [0.29, 0.717) is 12.4 Å². The Kier molecular flexibility index (Phi) is 4.89. The first-order valence-electron chi connectivity index (χ1n) is 7.80. The van der Waals surface area contributed by atoms with E-state index in [4.69, 9.17) is 10.5 Å². The van der Waals surface area contributed by atoms with Crippen molar-refractivity contribution >= 4 is 11.7 Å². The van der Waals surface area contributed by atoms with Crippen LogP contribution in [0.25, 0.3) is 0 Å². The van der Waals surface area contributed by atoms with E-state index in [1.54, 1.807) is 0 Å². The number of aromatic nitrogens is 2. The monoisotopic (exact) mass is 334 g/mol. The lowest BCUT2D eigenvalue weighted by Gasteiger charge is -2.13. The zero-order chi connectivity index (χ0) is 17.6. The summed E-state index contributed by atoms with van der Waals surface area (Å²) in [5.41, 5.74) is 7.48. The maximum absolute atomic E-state index is 11.2. The molecule has 6 heteroatoms. The zero-order valence-electron chi connectivity index (χ0n) is 13.8. The number of hydrogen-bond donors (Lipinski definition) is 2. The first-order valence-corrected chi connectivity index (χ1v) is 7.80. The second-order valence-electron chi connectivity index (χ2n) is 5.53. The zero-order valence-corrected chi connectivity index (χ0v) is 13.8. The largest absolute Gasteiger partial charge is 0.457 e. The number of benzene rings is 2.